The number of benzene rings is 1. The Hall–Kier alpha value is -2.44. The van der Waals surface area contributed by atoms with Crippen molar-refractivity contribution in [3.8, 4) is 5.88 Å². The van der Waals surface area contributed by atoms with Gasteiger partial charge in [0, 0.05) is 18.3 Å². The van der Waals surface area contributed by atoms with Crippen LogP contribution in [0, 0.1) is 0 Å². The fraction of sp³-hybridized carbons (Fsp3) is 0.368. The van der Waals surface area contributed by atoms with E-state index in [0.29, 0.717) is 25.8 Å². The molecule has 6 nitrogen and oxygen atoms in total. The molecule has 0 unspecified atom stereocenters. The third-order valence-corrected chi connectivity index (χ3v) is 3.66. The lowest BCUT2D eigenvalue weighted by atomic mass is 10.2. The summed E-state index contributed by atoms with van der Waals surface area (Å²) in [4.78, 5) is 8.70. The van der Waals surface area contributed by atoms with Gasteiger partial charge in [0.1, 0.15) is 29.7 Å². The Morgan fingerprint density at radius 2 is 1.88 bits per heavy atom. The van der Waals surface area contributed by atoms with Gasteiger partial charge >= 0.3 is 0 Å². The van der Waals surface area contributed by atoms with Crippen molar-refractivity contribution >= 4 is 11.0 Å². The SMILES string of the molecule is CC(C)(C)Oc1ncnc2c(CN)cn(COCc3ccccc3)c12. The van der Waals surface area contributed by atoms with E-state index < -0.39 is 0 Å². The summed E-state index contributed by atoms with van der Waals surface area (Å²) in [6, 6.07) is 10.1. The zero-order valence-electron chi connectivity index (χ0n) is 14.9. The van der Waals surface area contributed by atoms with Crippen LogP contribution in [0.1, 0.15) is 31.9 Å². The molecule has 1 aromatic carbocycles. The first-order valence-electron chi connectivity index (χ1n) is 8.31. The smallest absolute Gasteiger partial charge is 0.242 e. The lowest BCUT2D eigenvalue weighted by Crippen LogP contribution is -2.24. The van der Waals surface area contributed by atoms with Crippen LogP contribution in [0.2, 0.25) is 0 Å². The van der Waals surface area contributed by atoms with Crippen LogP contribution >= 0.6 is 0 Å². The van der Waals surface area contributed by atoms with Crippen LogP contribution in [0.3, 0.4) is 0 Å². The molecule has 3 aromatic rings. The van der Waals surface area contributed by atoms with Gasteiger partial charge in [-0.1, -0.05) is 30.3 Å². The Labute approximate surface area is 147 Å². The number of rotatable bonds is 6. The van der Waals surface area contributed by atoms with Crippen molar-refractivity contribution in [2.75, 3.05) is 0 Å². The number of nitrogens with zero attached hydrogens (tertiary/aromatic N) is 3. The minimum atomic E-state index is -0.357. The van der Waals surface area contributed by atoms with Crippen molar-refractivity contribution in [2.45, 2.75) is 46.3 Å². The molecule has 2 heterocycles. The fourth-order valence-corrected chi connectivity index (χ4v) is 2.62. The lowest BCUT2D eigenvalue weighted by molar-refractivity contribution is 0.0655. The van der Waals surface area contributed by atoms with Crippen LogP contribution in [-0.4, -0.2) is 20.1 Å². The molecule has 0 aliphatic heterocycles. The standard InChI is InChI=1S/C19H24N4O2/c1-19(2,3)25-18-17-16(21-12-22-18)15(9-20)10-23(17)13-24-11-14-7-5-4-6-8-14/h4-8,10,12H,9,11,13,20H2,1-3H3. The zero-order valence-corrected chi connectivity index (χ0v) is 14.9. The molecule has 6 heteroatoms. The highest BCUT2D eigenvalue weighted by Gasteiger charge is 2.20. The molecule has 0 radical (unpaired) electrons. The number of ether oxygens (including phenoxy) is 2. The van der Waals surface area contributed by atoms with E-state index in [0.717, 1.165) is 22.2 Å². The third-order valence-electron chi connectivity index (χ3n) is 3.66. The highest BCUT2D eigenvalue weighted by molar-refractivity contribution is 5.83. The lowest BCUT2D eigenvalue weighted by Gasteiger charge is -2.21. The molecule has 0 saturated carbocycles. The summed E-state index contributed by atoms with van der Waals surface area (Å²) in [7, 11) is 0. The first kappa shape index (κ1) is 17.4. The highest BCUT2D eigenvalue weighted by Crippen LogP contribution is 2.28. The molecule has 0 fully saturated rings. The van der Waals surface area contributed by atoms with Gasteiger partial charge in [-0.25, -0.2) is 4.98 Å². The topological polar surface area (TPSA) is 75.2 Å². The maximum Gasteiger partial charge on any atom is 0.242 e. The Bertz CT molecular complexity index is 838. The van der Waals surface area contributed by atoms with Crippen molar-refractivity contribution in [3.05, 3.63) is 54.0 Å². The van der Waals surface area contributed by atoms with E-state index >= 15 is 0 Å². The van der Waals surface area contributed by atoms with E-state index in [4.69, 9.17) is 15.2 Å². The van der Waals surface area contributed by atoms with Crippen molar-refractivity contribution in [1.29, 1.82) is 0 Å². The second-order valence-corrected chi connectivity index (χ2v) is 6.88. The van der Waals surface area contributed by atoms with Gasteiger partial charge in [-0.2, -0.15) is 4.98 Å². The summed E-state index contributed by atoms with van der Waals surface area (Å²) in [5.41, 5.74) is 9.20. The van der Waals surface area contributed by atoms with E-state index in [2.05, 4.69) is 9.97 Å². The second kappa shape index (κ2) is 7.21. The van der Waals surface area contributed by atoms with E-state index in [-0.39, 0.29) is 5.60 Å². The van der Waals surface area contributed by atoms with Gasteiger partial charge < -0.3 is 19.8 Å². The minimum Gasteiger partial charge on any atom is -0.470 e. The number of hydrogen-bond donors (Lipinski definition) is 1. The van der Waals surface area contributed by atoms with Crippen molar-refractivity contribution < 1.29 is 9.47 Å². The fourth-order valence-electron chi connectivity index (χ4n) is 2.62. The monoisotopic (exact) mass is 340 g/mol. The van der Waals surface area contributed by atoms with Crippen LogP contribution in [0.4, 0.5) is 0 Å². The molecule has 0 spiro atoms. The number of fused-ring (bicyclic) bond motifs is 1. The summed E-state index contributed by atoms with van der Waals surface area (Å²) in [5.74, 6) is 0.542. The van der Waals surface area contributed by atoms with Gasteiger partial charge in [0.25, 0.3) is 0 Å². The summed E-state index contributed by atoms with van der Waals surface area (Å²) >= 11 is 0. The molecule has 0 atom stereocenters. The van der Waals surface area contributed by atoms with Gasteiger partial charge in [-0.05, 0) is 26.3 Å². The third kappa shape index (κ3) is 4.15. The molecule has 0 bridgehead atoms. The first-order chi connectivity index (χ1) is 12.0. The van der Waals surface area contributed by atoms with Crippen molar-refractivity contribution in [3.63, 3.8) is 0 Å². The molecule has 0 saturated heterocycles. The predicted molar refractivity (Wildman–Crippen MR) is 97.0 cm³/mol. The van der Waals surface area contributed by atoms with Gasteiger partial charge in [0.05, 0.1) is 6.61 Å². The van der Waals surface area contributed by atoms with Crippen LogP contribution in [-0.2, 0) is 24.6 Å². The summed E-state index contributed by atoms with van der Waals surface area (Å²) in [6.07, 6.45) is 3.47. The molecular weight excluding hydrogens is 316 g/mol. The molecule has 2 N–H and O–H groups in total. The predicted octanol–water partition coefficient (Wildman–Crippen LogP) is 3.24. The van der Waals surface area contributed by atoms with Crippen LogP contribution in [0.15, 0.2) is 42.9 Å². The Balaban J connectivity index is 1.88. The number of nitrogens with two attached hydrogens (primary N) is 1. The molecule has 2 aromatic heterocycles. The maximum absolute atomic E-state index is 6.01. The summed E-state index contributed by atoms with van der Waals surface area (Å²) in [5, 5.41) is 0. The average Bonchev–Trinajstić information content (AvgIpc) is 2.94. The zero-order chi connectivity index (χ0) is 17.9. The molecule has 0 aliphatic carbocycles. The minimum absolute atomic E-state index is 0.357. The van der Waals surface area contributed by atoms with E-state index in [1.165, 1.54) is 6.33 Å². The van der Waals surface area contributed by atoms with Crippen LogP contribution in [0.5, 0.6) is 5.88 Å². The van der Waals surface area contributed by atoms with Gasteiger partial charge in [0.2, 0.25) is 5.88 Å². The molecule has 25 heavy (non-hydrogen) atoms. The summed E-state index contributed by atoms with van der Waals surface area (Å²) < 4.78 is 13.8. The largest absolute Gasteiger partial charge is 0.470 e. The van der Waals surface area contributed by atoms with Crippen LogP contribution in [0.25, 0.3) is 11.0 Å². The maximum atomic E-state index is 6.01. The van der Waals surface area contributed by atoms with Crippen molar-refractivity contribution in [2.24, 2.45) is 5.73 Å². The molecule has 0 amide bonds. The van der Waals surface area contributed by atoms with Crippen molar-refractivity contribution in [1.82, 2.24) is 14.5 Å². The molecule has 132 valence electrons. The highest BCUT2D eigenvalue weighted by atomic mass is 16.5. The number of hydrogen-bond acceptors (Lipinski definition) is 5. The van der Waals surface area contributed by atoms with Crippen LogP contribution < -0.4 is 10.5 Å². The normalized spacial score (nSPS) is 11.8. The van der Waals surface area contributed by atoms with E-state index in [1.807, 2.05) is 61.9 Å². The quantitative estimate of drug-likeness (QED) is 0.745. The first-order valence-corrected chi connectivity index (χ1v) is 8.31. The number of aromatic nitrogens is 3. The van der Waals surface area contributed by atoms with Gasteiger partial charge in [0.15, 0.2) is 0 Å². The Morgan fingerprint density at radius 3 is 2.56 bits per heavy atom. The van der Waals surface area contributed by atoms with E-state index in [1.54, 1.807) is 0 Å². The van der Waals surface area contributed by atoms with E-state index in [9.17, 15) is 0 Å². The summed E-state index contributed by atoms with van der Waals surface area (Å²) in [6.45, 7) is 7.27. The molecule has 0 aliphatic rings. The average molecular weight is 340 g/mol. The Kier molecular flexibility index (Phi) is 5.01. The Morgan fingerprint density at radius 1 is 1.12 bits per heavy atom. The van der Waals surface area contributed by atoms with Gasteiger partial charge in [-0.3, -0.25) is 0 Å². The molecule has 3 rings (SSSR count). The second-order valence-electron chi connectivity index (χ2n) is 6.88. The van der Waals surface area contributed by atoms with Gasteiger partial charge in [-0.15, -0.1) is 0 Å². The molecular formula is C19H24N4O2.